The Morgan fingerprint density at radius 2 is 1.76 bits per heavy atom. The molecule has 1 aromatic heterocycles. The van der Waals surface area contributed by atoms with Crippen LogP contribution in [0.25, 0.3) is 0 Å². The first kappa shape index (κ1) is 14.9. The number of hydrogen-bond acceptors (Lipinski definition) is 5. The van der Waals surface area contributed by atoms with E-state index in [1.807, 2.05) is 0 Å². The number of aromatic nitrogens is 2. The first-order valence-corrected chi connectivity index (χ1v) is 7.54. The quantitative estimate of drug-likeness (QED) is 0.814. The molecule has 0 unspecified atom stereocenters. The number of anilines is 2. The maximum atomic E-state index is 12.2. The Kier molecular flexibility index (Phi) is 4.18. The van der Waals surface area contributed by atoms with Crippen LogP contribution in [0.5, 0.6) is 0 Å². The third-order valence-corrected chi connectivity index (χ3v) is 3.97. The lowest BCUT2D eigenvalue weighted by Crippen LogP contribution is -2.14. The molecule has 7 nitrogen and oxygen atoms in total. The summed E-state index contributed by atoms with van der Waals surface area (Å²) in [7, 11) is -3.73. The van der Waals surface area contributed by atoms with Crippen molar-refractivity contribution in [3.63, 3.8) is 0 Å². The highest BCUT2D eigenvalue weighted by atomic mass is 32.2. The van der Waals surface area contributed by atoms with Crippen LogP contribution in [-0.4, -0.2) is 24.8 Å². The Labute approximate surface area is 122 Å². The number of nitrogens with one attached hydrogen (secondary N) is 2. The van der Waals surface area contributed by atoms with Crippen molar-refractivity contribution < 1.29 is 13.2 Å². The molecule has 8 heteroatoms. The average molecular weight is 306 g/mol. The van der Waals surface area contributed by atoms with Gasteiger partial charge in [0.1, 0.15) is 11.6 Å². The van der Waals surface area contributed by atoms with Crippen molar-refractivity contribution in [2.24, 2.45) is 0 Å². The van der Waals surface area contributed by atoms with Crippen LogP contribution in [0.15, 0.2) is 35.2 Å². The van der Waals surface area contributed by atoms with Gasteiger partial charge in [0.15, 0.2) is 0 Å². The minimum Gasteiger partial charge on any atom is -0.329 e. The molecular weight excluding hydrogens is 292 g/mol. The summed E-state index contributed by atoms with van der Waals surface area (Å²) in [5, 5.41) is 2.43. The molecule has 0 radical (unpaired) electrons. The van der Waals surface area contributed by atoms with E-state index in [9.17, 15) is 13.2 Å². The van der Waals surface area contributed by atoms with Crippen molar-refractivity contribution in [1.29, 1.82) is 0 Å². The molecule has 0 bridgehead atoms. The van der Waals surface area contributed by atoms with E-state index in [1.165, 1.54) is 24.3 Å². The molecule has 2 aromatic rings. The Hall–Kier alpha value is -2.48. The number of aryl methyl sites for hydroxylation is 2. The van der Waals surface area contributed by atoms with Gasteiger partial charge in [-0.15, -0.1) is 0 Å². The number of sulfonamides is 1. The second-order valence-corrected chi connectivity index (χ2v) is 6.02. The van der Waals surface area contributed by atoms with Gasteiger partial charge in [0.2, 0.25) is 6.41 Å². The average Bonchev–Trinajstić information content (AvgIpc) is 2.38. The molecular formula is C13H14N4O3S. The standard InChI is InChI=1S/C13H14N4O3S/c1-9-7-13(16-10(2)15-9)17-21(19,20)12-5-3-11(4-6-12)14-8-18/h3-8H,1-2H3,(H,14,18)(H,15,16,17). The number of nitrogens with zero attached hydrogens (tertiary/aromatic N) is 2. The number of carbonyl (C=O) groups excluding carboxylic acids is 1. The van der Waals surface area contributed by atoms with Crippen molar-refractivity contribution >= 4 is 27.9 Å². The van der Waals surface area contributed by atoms with E-state index in [-0.39, 0.29) is 10.7 Å². The molecule has 21 heavy (non-hydrogen) atoms. The summed E-state index contributed by atoms with van der Waals surface area (Å²) < 4.78 is 26.9. The first-order valence-electron chi connectivity index (χ1n) is 6.06. The van der Waals surface area contributed by atoms with E-state index in [4.69, 9.17) is 0 Å². The van der Waals surface area contributed by atoms with Crippen LogP contribution < -0.4 is 10.0 Å². The van der Waals surface area contributed by atoms with Gasteiger partial charge in [-0.1, -0.05) is 0 Å². The molecule has 0 atom stereocenters. The SMILES string of the molecule is Cc1cc(NS(=O)(=O)c2ccc(NC=O)cc2)nc(C)n1. The van der Waals surface area contributed by atoms with Gasteiger partial charge in [0.05, 0.1) is 4.90 Å². The van der Waals surface area contributed by atoms with Gasteiger partial charge in [-0.25, -0.2) is 18.4 Å². The van der Waals surface area contributed by atoms with Crippen LogP contribution in [-0.2, 0) is 14.8 Å². The Morgan fingerprint density at radius 1 is 1.10 bits per heavy atom. The fourth-order valence-corrected chi connectivity index (χ4v) is 2.76. The summed E-state index contributed by atoms with van der Waals surface area (Å²) in [5.41, 5.74) is 1.18. The van der Waals surface area contributed by atoms with E-state index in [0.29, 0.717) is 23.6 Å². The van der Waals surface area contributed by atoms with Crippen molar-refractivity contribution in [2.45, 2.75) is 18.7 Å². The van der Waals surface area contributed by atoms with Crippen molar-refractivity contribution in [3.05, 3.63) is 41.9 Å². The Bertz CT molecular complexity index is 737. The lowest BCUT2D eigenvalue weighted by Gasteiger charge is -2.09. The lowest BCUT2D eigenvalue weighted by molar-refractivity contribution is -0.105. The third kappa shape index (κ3) is 3.76. The smallest absolute Gasteiger partial charge is 0.263 e. The van der Waals surface area contributed by atoms with Crippen LogP contribution in [0.2, 0.25) is 0 Å². The largest absolute Gasteiger partial charge is 0.329 e. The Morgan fingerprint density at radius 3 is 2.33 bits per heavy atom. The molecule has 2 rings (SSSR count). The minimum atomic E-state index is -3.73. The highest BCUT2D eigenvalue weighted by Crippen LogP contribution is 2.17. The van der Waals surface area contributed by atoms with Gasteiger partial charge in [-0.05, 0) is 38.1 Å². The van der Waals surface area contributed by atoms with Gasteiger partial charge in [0, 0.05) is 17.4 Å². The van der Waals surface area contributed by atoms with Gasteiger partial charge in [-0.3, -0.25) is 9.52 Å². The molecule has 110 valence electrons. The zero-order chi connectivity index (χ0) is 15.5. The molecule has 0 saturated carbocycles. The van der Waals surface area contributed by atoms with Gasteiger partial charge >= 0.3 is 0 Å². The summed E-state index contributed by atoms with van der Waals surface area (Å²) in [5.74, 6) is 0.702. The number of hydrogen-bond donors (Lipinski definition) is 2. The van der Waals surface area contributed by atoms with Crippen molar-refractivity contribution in [3.8, 4) is 0 Å². The molecule has 0 saturated heterocycles. The molecule has 0 aliphatic heterocycles. The number of rotatable bonds is 5. The second kappa shape index (κ2) is 5.88. The van der Waals surface area contributed by atoms with Gasteiger partial charge < -0.3 is 5.32 Å². The predicted octanol–water partition coefficient (Wildman–Crippen LogP) is 1.46. The molecule has 0 fully saturated rings. The maximum Gasteiger partial charge on any atom is 0.263 e. The van der Waals surface area contributed by atoms with E-state index < -0.39 is 10.0 Å². The predicted molar refractivity (Wildman–Crippen MR) is 78.4 cm³/mol. The summed E-state index contributed by atoms with van der Waals surface area (Å²) >= 11 is 0. The van der Waals surface area contributed by atoms with Crippen LogP contribution in [0.4, 0.5) is 11.5 Å². The van der Waals surface area contributed by atoms with Crippen LogP contribution >= 0.6 is 0 Å². The van der Waals surface area contributed by atoms with E-state index in [0.717, 1.165) is 0 Å². The first-order chi connectivity index (χ1) is 9.90. The summed E-state index contributed by atoms with van der Waals surface area (Å²) in [4.78, 5) is 18.5. The normalized spacial score (nSPS) is 11.0. The molecule has 2 N–H and O–H groups in total. The third-order valence-electron chi connectivity index (χ3n) is 2.60. The molecule has 0 spiro atoms. The highest BCUT2D eigenvalue weighted by Gasteiger charge is 2.15. The fraction of sp³-hybridized carbons (Fsp3) is 0.154. The molecule has 0 aliphatic carbocycles. The van der Waals surface area contributed by atoms with Gasteiger partial charge in [-0.2, -0.15) is 0 Å². The lowest BCUT2D eigenvalue weighted by atomic mass is 10.3. The summed E-state index contributed by atoms with van der Waals surface area (Å²) in [6, 6.07) is 7.34. The summed E-state index contributed by atoms with van der Waals surface area (Å²) in [6.07, 6.45) is 0.522. The van der Waals surface area contributed by atoms with E-state index in [1.54, 1.807) is 19.9 Å². The number of carbonyl (C=O) groups is 1. The molecule has 1 aromatic carbocycles. The molecule has 0 aliphatic rings. The topological polar surface area (TPSA) is 101 Å². The summed E-state index contributed by atoms with van der Waals surface area (Å²) in [6.45, 7) is 3.44. The Balaban J connectivity index is 2.27. The number of benzene rings is 1. The van der Waals surface area contributed by atoms with Crippen LogP contribution in [0, 0.1) is 13.8 Å². The van der Waals surface area contributed by atoms with E-state index >= 15 is 0 Å². The zero-order valence-corrected chi connectivity index (χ0v) is 12.3. The van der Waals surface area contributed by atoms with Crippen molar-refractivity contribution in [2.75, 3.05) is 10.0 Å². The van der Waals surface area contributed by atoms with Gasteiger partial charge in [0.25, 0.3) is 10.0 Å². The van der Waals surface area contributed by atoms with Crippen molar-refractivity contribution in [1.82, 2.24) is 9.97 Å². The molecule has 1 amide bonds. The highest BCUT2D eigenvalue weighted by molar-refractivity contribution is 7.92. The minimum absolute atomic E-state index is 0.0767. The van der Waals surface area contributed by atoms with Crippen LogP contribution in [0.1, 0.15) is 11.5 Å². The maximum absolute atomic E-state index is 12.2. The molecule has 1 heterocycles. The van der Waals surface area contributed by atoms with E-state index in [2.05, 4.69) is 20.0 Å². The second-order valence-electron chi connectivity index (χ2n) is 4.33. The fourth-order valence-electron chi connectivity index (χ4n) is 1.76. The van der Waals surface area contributed by atoms with Crippen LogP contribution in [0.3, 0.4) is 0 Å². The monoisotopic (exact) mass is 306 g/mol. The zero-order valence-electron chi connectivity index (χ0n) is 11.5. The number of amides is 1.